The summed E-state index contributed by atoms with van der Waals surface area (Å²) in [5.74, 6) is -3.60. The van der Waals surface area contributed by atoms with Gasteiger partial charge in [0.2, 0.25) is 23.6 Å². The van der Waals surface area contributed by atoms with Crippen LogP contribution in [0.2, 0.25) is 0 Å². The zero-order chi connectivity index (χ0) is 21.2. The van der Waals surface area contributed by atoms with Crippen molar-refractivity contribution in [3.05, 3.63) is 28.2 Å². The number of halogens is 1. The molecule has 4 heterocycles. The number of hydrogen-bond acceptors (Lipinski definition) is 6. The number of hydrogen-bond donors (Lipinski definition) is 3. The van der Waals surface area contributed by atoms with Crippen molar-refractivity contribution in [3.63, 3.8) is 0 Å². The van der Waals surface area contributed by atoms with Crippen LogP contribution in [0.15, 0.2) is 22.7 Å². The number of nitrogens with zero attached hydrogens (tertiary/aromatic N) is 1. The summed E-state index contributed by atoms with van der Waals surface area (Å²) in [4.78, 5) is 53.0. The Balaban J connectivity index is 1.60. The van der Waals surface area contributed by atoms with E-state index >= 15 is 0 Å². The van der Waals surface area contributed by atoms with Crippen molar-refractivity contribution in [2.45, 2.75) is 36.9 Å². The Morgan fingerprint density at radius 1 is 1.30 bits per heavy atom. The molecule has 5 atom stereocenters. The summed E-state index contributed by atoms with van der Waals surface area (Å²) < 4.78 is 6.35. The van der Waals surface area contributed by atoms with Crippen LogP contribution >= 0.6 is 15.9 Å². The lowest BCUT2D eigenvalue weighted by molar-refractivity contribution is -0.144. The quantitative estimate of drug-likeness (QED) is 0.532. The van der Waals surface area contributed by atoms with Gasteiger partial charge in [-0.15, -0.1) is 0 Å². The first-order valence-electron chi connectivity index (χ1n) is 9.97. The molecule has 0 bridgehead atoms. The predicted octanol–water partition coefficient (Wildman–Crippen LogP) is 0.224. The molecule has 0 aromatic heterocycles. The van der Waals surface area contributed by atoms with E-state index in [0.717, 1.165) is 17.3 Å². The molecule has 3 saturated heterocycles. The summed E-state index contributed by atoms with van der Waals surface area (Å²) in [6, 6.07) is 4.59. The van der Waals surface area contributed by atoms with E-state index in [1.807, 2.05) is 0 Å². The molecule has 158 valence electrons. The van der Waals surface area contributed by atoms with E-state index in [1.165, 1.54) is 4.90 Å². The molecule has 0 aliphatic carbocycles. The highest BCUT2D eigenvalue weighted by Crippen LogP contribution is 2.53. The fourth-order valence-corrected chi connectivity index (χ4v) is 5.76. The van der Waals surface area contributed by atoms with Gasteiger partial charge in [0.05, 0.1) is 24.5 Å². The van der Waals surface area contributed by atoms with Crippen LogP contribution in [0, 0.1) is 11.8 Å². The fraction of sp³-hybridized carbons (Fsp3) is 0.500. The Labute approximate surface area is 180 Å². The van der Waals surface area contributed by atoms with Gasteiger partial charge < -0.3 is 15.8 Å². The molecule has 0 unspecified atom stereocenters. The van der Waals surface area contributed by atoms with Crippen molar-refractivity contribution in [1.29, 1.82) is 0 Å². The van der Waals surface area contributed by atoms with Gasteiger partial charge >= 0.3 is 0 Å². The molecule has 1 aromatic carbocycles. The van der Waals surface area contributed by atoms with Gasteiger partial charge in [0.15, 0.2) is 0 Å². The van der Waals surface area contributed by atoms with Crippen LogP contribution in [0.3, 0.4) is 0 Å². The largest absolute Gasteiger partial charge is 0.376 e. The summed E-state index contributed by atoms with van der Waals surface area (Å²) in [6.45, 7) is 0.768. The van der Waals surface area contributed by atoms with Crippen LogP contribution in [0.4, 0.5) is 5.69 Å². The van der Waals surface area contributed by atoms with Gasteiger partial charge in [0.1, 0.15) is 5.54 Å². The van der Waals surface area contributed by atoms with E-state index in [4.69, 9.17) is 10.5 Å². The molecule has 4 N–H and O–H groups in total. The van der Waals surface area contributed by atoms with E-state index in [2.05, 4.69) is 26.6 Å². The Kier molecular flexibility index (Phi) is 4.49. The van der Waals surface area contributed by atoms with Crippen LogP contribution in [0.25, 0.3) is 0 Å². The second-order valence-electron chi connectivity index (χ2n) is 8.30. The zero-order valence-electron chi connectivity index (χ0n) is 16.0. The second kappa shape index (κ2) is 6.86. The summed E-state index contributed by atoms with van der Waals surface area (Å²) >= 11 is 3.42. The third-order valence-electron chi connectivity index (χ3n) is 6.60. The molecule has 0 radical (unpaired) electrons. The molecule has 9 nitrogen and oxygen atoms in total. The highest BCUT2D eigenvalue weighted by Gasteiger charge is 2.70. The first-order valence-corrected chi connectivity index (χ1v) is 10.8. The standard InChI is InChI=1S/C20H21BrN4O5/c21-9-3-4-12-11(6-9)20(19(29)23-12)16-15(13(24-20)7-14(22)26)17(27)25(18(16)28)8-10-2-1-5-30-10/h3-4,6,10,13,15-16,24H,1-2,5,7-8H2,(H2,22,26)(H,23,29)/t10-,13-,15-,16+,20+/m0/s1. The molecule has 4 aliphatic rings. The van der Waals surface area contributed by atoms with E-state index in [9.17, 15) is 19.2 Å². The molecule has 5 rings (SSSR count). The average molecular weight is 477 g/mol. The minimum atomic E-state index is -1.43. The van der Waals surface area contributed by atoms with Gasteiger partial charge in [-0.05, 0) is 31.0 Å². The average Bonchev–Trinajstić information content (AvgIpc) is 3.42. The Morgan fingerprint density at radius 3 is 2.80 bits per heavy atom. The van der Waals surface area contributed by atoms with Crippen LogP contribution in [0.1, 0.15) is 24.8 Å². The maximum atomic E-state index is 13.5. The molecule has 3 fully saturated rings. The van der Waals surface area contributed by atoms with E-state index in [0.29, 0.717) is 17.9 Å². The highest BCUT2D eigenvalue weighted by atomic mass is 79.9. The first kappa shape index (κ1) is 19.7. The number of likely N-dealkylation sites (tertiary alicyclic amines) is 1. The summed E-state index contributed by atoms with van der Waals surface area (Å²) in [6.07, 6.45) is 1.31. The molecule has 30 heavy (non-hydrogen) atoms. The number of ether oxygens (including phenoxy) is 1. The third kappa shape index (κ3) is 2.67. The van der Waals surface area contributed by atoms with Gasteiger partial charge in [0, 0.05) is 34.8 Å². The van der Waals surface area contributed by atoms with E-state index in [-0.39, 0.29) is 25.0 Å². The molecule has 1 aromatic rings. The smallest absolute Gasteiger partial charge is 0.250 e. The lowest BCUT2D eigenvalue weighted by Gasteiger charge is -2.30. The van der Waals surface area contributed by atoms with Crippen molar-refractivity contribution >= 4 is 45.2 Å². The van der Waals surface area contributed by atoms with Gasteiger partial charge in [-0.3, -0.25) is 29.4 Å². The van der Waals surface area contributed by atoms with Crippen molar-refractivity contribution in [1.82, 2.24) is 10.2 Å². The number of imide groups is 1. The number of nitrogens with two attached hydrogens (primary N) is 1. The number of anilines is 1. The van der Waals surface area contributed by atoms with Crippen molar-refractivity contribution in [3.8, 4) is 0 Å². The fourth-order valence-electron chi connectivity index (χ4n) is 5.40. The zero-order valence-corrected chi connectivity index (χ0v) is 17.6. The number of benzene rings is 1. The van der Waals surface area contributed by atoms with Crippen molar-refractivity contribution < 1.29 is 23.9 Å². The maximum Gasteiger partial charge on any atom is 0.250 e. The van der Waals surface area contributed by atoms with Gasteiger partial charge in [-0.2, -0.15) is 0 Å². The van der Waals surface area contributed by atoms with Gasteiger partial charge in [-0.25, -0.2) is 0 Å². The monoisotopic (exact) mass is 476 g/mol. The predicted molar refractivity (Wildman–Crippen MR) is 108 cm³/mol. The molecule has 4 aliphatic heterocycles. The lowest BCUT2D eigenvalue weighted by atomic mass is 9.76. The normalized spacial score (nSPS) is 34.6. The number of carbonyl (C=O) groups excluding carboxylic acids is 4. The minimum absolute atomic E-state index is 0.147. The van der Waals surface area contributed by atoms with Gasteiger partial charge in [-0.1, -0.05) is 15.9 Å². The van der Waals surface area contributed by atoms with Crippen LogP contribution in [-0.4, -0.2) is 53.8 Å². The molecule has 10 heteroatoms. The van der Waals surface area contributed by atoms with Gasteiger partial charge in [0.25, 0.3) is 0 Å². The Hall–Kier alpha value is -2.30. The molecular formula is C20H21BrN4O5. The number of amides is 4. The second-order valence-corrected chi connectivity index (χ2v) is 9.21. The number of rotatable bonds is 4. The van der Waals surface area contributed by atoms with Crippen molar-refractivity contribution in [2.24, 2.45) is 17.6 Å². The number of carbonyl (C=O) groups is 4. The van der Waals surface area contributed by atoms with E-state index < -0.39 is 41.1 Å². The Bertz CT molecular complexity index is 978. The first-order chi connectivity index (χ1) is 14.3. The summed E-state index contributed by atoms with van der Waals surface area (Å²) in [5, 5.41) is 6.00. The Morgan fingerprint density at radius 2 is 2.10 bits per heavy atom. The SMILES string of the molecule is NC(=O)C[C@@H]1N[C@@]2(C(=O)Nc3ccc(Br)cc32)[C@H]2C(=O)N(C[C@@H]3CCCO3)C(=O)[C@@H]12. The third-order valence-corrected chi connectivity index (χ3v) is 7.09. The topological polar surface area (TPSA) is 131 Å². The van der Waals surface area contributed by atoms with Crippen LogP contribution in [-0.2, 0) is 29.5 Å². The van der Waals surface area contributed by atoms with Crippen LogP contribution < -0.4 is 16.4 Å². The molecular weight excluding hydrogens is 456 g/mol. The molecule has 1 spiro atoms. The molecule has 4 amide bonds. The minimum Gasteiger partial charge on any atom is -0.376 e. The summed E-state index contributed by atoms with van der Waals surface area (Å²) in [7, 11) is 0. The highest BCUT2D eigenvalue weighted by molar-refractivity contribution is 9.10. The number of primary amides is 1. The van der Waals surface area contributed by atoms with Crippen molar-refractivity contribution in [2.75, 3.05) is 18.5 Å². The number of fused-ring (bicyclic) bond motifs is 4. The molecule has 0 saturated carbocycles. The van der Waals surface area contributed by atoms with E-state index in [1.54, 1.807) is 18.2 Å². The number of nitrogens with one attached hydrogen (secondary N) is 2. The maximum absolute atomic E-state index is 13.5. The summed E-state index contributed by atoms with van der Waals surface area (Å²) in [5.41, 5.74) is 5.16. The van der Waals surface area contributed by atoms with Crippen LogP contribution in [0.5, 0.6) is 0 Å². The lowest BCUT2D eigenvalue weighted by Crippen LogP contribution is -2.54.